The van der Waals surface area contributed by atoms with Gasteiger partial charge in [-0.15, -0.1) is 0 Å². The monoisotopic (exact) mass is 351 g/mol. The van der Waals surface area contributed by atoms with Gasteiger partial charge >= 0.3 is 0 Å². The molecule has 0 bridgehead atoms. The second-order valence-electron chi connectivity index (χ2n) is 7.23. The number of rotatable bonds is 5. The number of aromatic nitrogens is 1. The molecule has 2 saturated heterocycles. The predicted molar refractivity (Wildman–Crippen MR) is 100.0 cm³/mol. The molecule has 0 N–H and O–H groups in total. The molecular weight excluding hydrogens is 326 g/mol. The lowest BCUT2D eigenvalue weighted by Crippen LogP contribution is -2.58. The Morgan fingerprint density at radius 2 is 1.88 bits per heavy atom. The molecule has 2 aliphatic heterocycles. The van der Waals surface area contributed by atoms with E-state index in [1.807, 2.05) is 47.5 Å². The third kappa shape index (κ3) is 3.58. The fourth-order valence-corrected chi connectivity index (χ4v) is 3.72. The molecule has 1 aromatic carbocycles. The number of amides is 1. The molecule has 2 aliphatic rings. The Labute approximate surface area is 154 Å². The summed E-state index contributed by atoms with van der Waals surface area (Å²) in [5, 5.41) is 0. The molecule has 1 atom stereocenters. The first-order valence-electron chi connectivity index (χ1n) is 9.37. The SMILES string of the molecule is Cc1ccc(OC2CN(C(=O)C(c3cccnc3)N3CCCC3)C2)cc1. The Morgan fingerprint density at radius 1 is 1.15 bits per heavy atom. The summed E-state index contributed by atoms with van der Waals surface area (Å²) in [5.74, 6) is 1.04. The average molecular weight is 351 g/mol. The van der Waals surface area contributed by atoms with Crippen molar-refractivity contribution in [2.24, 2.45) is 0 Å². The molecule has 4 rings (SSSR count). The third-order valence-electron chi connectivity index (χ3n) is 5.22. The topological polar surface area (TPSA) is 45.7 Å². The lowest BCUT2D eigenvalue weighted by Gasteiger charge is -2.42. The van der Waals surface area contributed by atoms with Gasteiger partial charge in [0.25, 0.3) is 0 Å². The summed E-state index contributed by atoms with van der Waals surface area (Å²) in [5.41, 5.74) is 2.20. The Balaban J connectivity index is 1.40. The summed E-state index contributed by atoms with van der Waals surface area (Å²) in [4.78, 5) is 21.6. The summed E-state index contributed by atoms with van der Waals surface area (Å²) in [6.07, 6.45) is 5.96. The normalized spacial score (nSPS) is 19.2. The third-order valence-corrected chi connectivity index (χ3v) is 5.22. The zero-order valence-electron chi connectivity index (χ0n) is 15.2. The minimum absolute atomic E-state index is 0.0785. The zero-order chi connectivity index (χ0) is 17.9. The number of likely N-dealkylation sites (tertiary alicyclic amines) is 2. The van der Waals surface area contributed by atoms with Gasteiger partial charge in [0.1, 0.15) is 17.9 Å². The molecule has 0 radical (unpaired) electrons. The Kier molecular flexibility index (Phi) is 4.89. The summed E-state index contributed by atoms with van der Waals surface area (Å²) in [7, 11) is 0. The van der Waals surface area contributed by atoms with E-state index in [-0.39, 0.29) is 18.1 Å². The van der Waals surface area contributed by atoms with Crippen molar-refractivity contribution in [1.29, 1.82) is 0 Å². The van der Waals surface area contributed by atoms with Gasteiger partial charge in [0.2, 0.25) is 5.91 Å². The maximum Gasteiger partial charge on any atom is 0.244 e. The van der Waals surface area contributed by atoms with Crippen molar-refractivity contribution in [3.8, 4) is 5.75 Å². The molecule has 5 nitrogen and oxygen atoms in total. The number of benzene rings is 1. The number of ether oxygens (including phenoxy) is 1. The van der Waals surface area contributed by atoms with Gasteiger partial charge in [-0.3, -0.25) is 14.7 Å². The summed E-state index contributed by atoms with van der Waals surface area (Å²) >= 11 is 0. The molecule has 1 amide bonds. The van der Waals surface area contributed by atoms with Crippen molar-refractivity contribution in [3.05, 3.63) is 59.9 Å². The van der Waals surface area contributed by atoms with Crippen LogP contribution in [0.2, 0.25) is 0 Å². The van der Waals surface area contributed by atoms with E-state index in [9.17, 15) is 4.79 Å². The van der Waals surface area contributed by atoms with Crippen LogP contribution in [0.3, 0.4) is 0 Å². The summed E-state index contributed by atoms with van der Waals surface area (Å²) in [6.45, 7) is 5.31. The van der Waals surface area contributed by atoms with Gasteiger partial charge in [-0.05, 0) is 56.6 Å². The van der Waals surface area contributed by atoms with Crippen molar-refractivity contribution in [1.82, 2.24) is 14.8 Å². The molecule has 2 fully saturated rings. The van der Waals surface area contributed by atoms with E-state index in [0.717, 1.165) is 37.2 Å². The number of carbonyl (C=O) groups is 1. The number of nitrogens with zero attached hydrogens (tertiary/aromatic N) is 3. The standard InChI is InChI=1S/C21H25N3O2/c1-16-6-8-18(9-7-16)26-19-14-24(15-19)21(25)20(23-11-2-3-12-23)17-5-4-10-22-13-17/h4-10,13,19-20H,2-3,11-12,14-15H2,1H3. The van der Waals surface area contributed by atoms with Crippen LogP contribution in [-0.2, 0) is 4.79 Å². The molecule has 0 aliphatic carbocycles. The van der Waals surface area contributed by atoms with Crippen LogP contribution < -0.4 is 4.74 Å². The number of hydrogen-bond donors (Lipinski definition) is 0. The zero-order valence-corrected chi connectivity index (χ0v) is 15.2. The first-order chi connectivity index (χ1) is 12.7. The van der Waals surface area contributed by atoms with E-state index < -0.39 is 0 Å². The van der Waals surface area contributed by atoms with Crippen LogP contribution in [0, 0.1) is 6.92 Å². The molecule has 5 heteroatoms. The molecular formula is C21H25N3O2. The maximum atomic E-state index is 13.2. The van der Waals surface area contributed by atoms with Crippen LogP contribution in [0.5, 0.6) is 5.75 Å². The van der Waals surface area contributed by atoms with Gasteiger partial charge in [-0.2, -0.15) is 0 Å². The van der Waals surface area contributed by atoms with Crippen LogP contribution in [0.1, 0.15) is 30.0 Å². The number of hydrogen-bond acceptors (Lipinski definition) is 4. The van der Waals surface area contributed by atoms with Crippen molar-refractivity contribution in [3.63, 3.8) is 0 Å². The molecule has 26 heavy (non-hydrogen) atoms. The van der Waals surface area contributed by atoms with Crippen molar-refractivity contribution in [2.45, 2.75) is 31.9 Å². The number of pyridine rings is 1. The van der Waals surface area contributed by atoms with Crippen molar-refractivity contribution in [2.75, 3.05) is 26.2 Å². The first kappa shape index (κ1) is 17.0. The minimum Gasteiger partial charge on any atom is -0.487 e. The molecule has 0 saturated carbocycles. The maximum absolute atomic E-state index is 13.2. The number of carbonyl (C=O) groups excluding carboxylic acids is 1. The predicted octanol–water partition coefficient (Wildman–Crippen LogP) is 2.82. The van der Waals surface area contributed by atoms with E-state index >= 15 is 0 Å². The summed E-state index contributed by atoms with van der Waals surface area (Å²) < 4.78 is 5.98. The van der Waals surface area contributed by atoms with Crippen LogP contribution in [0.15, 0.2) is 48.8 Å². The Morgan fingerprint density at radius 3 is 2.54 bits per heavy atom. The van der Waals surface area contributed by atoms with Gasteiger partial charge in [0.05, 0.1) is 13.1 Å². The van der Waals surface area contributed by atoms with E-state index in [4.69, 9.17) is 4.74 Å². The fourth-order valence-electron chi connectivity index (χ4n) is 3.72. The van der Waals surface area contributed by atoms with Crippen LogP contribution in [0.4, 0.5) is 0 Å². The minimum atomic E-state index is -0.216. The quantitative estimate of drug-likeness (QED) is 0.831. The van der Waals surface area contributed by atoms with Gasteiger partial charge < -0.3 is 9.64 Å². The number of aryl methyl sites for hydroxylation is 1. The van der Waals surface area contributed by atoms with Crippen LogP contribution >= 0.6 is 0 Å². The smallest absolute Gasteiger partial charge is 0.244 e. The van der Waals surface area contributed by atoms with Crippen LogP contribution in [-0.4, -0.2) is 53.0 Å². The van der Waals surface area contributed by atoms with Crippen molar-refractivity contribution < 1.29 is 9.53 Å². The van der Waals surface area contributed by atoms with E-state index in [0.29, 0.717) is 13.1 Å². The molecule has 136 valence electrons. The van der Waals surface area contributed by atoms with Crippen molar-refractivity contribution >= 4 is 5.91 Å². The van der Waals surface area contributed by atoms with E-state index in [1.54, 1.807) is 6.20 Å². The average Bonchev–Trinajstić information content (AvgIpc) is 3.14. The van der Waals surface area contributed by atoms with Gasteiger partial charge in [0.15, 0.2) is 0 Å². The molecule has 1 aromatic heterocycles. The van der Waals surface area contributed by atoms with Gasteiger partial charge in [-0.25, -0.2) is 0 Å². The second kappa shape index (κ2) is 7.46. The van der Waals surface area contributed by atoms with Gasteiger partial charge in [0, 0.05) is 12.4 Å². The highest BCUT2D eigenvalue weighted by Crippen LogP contribution is 2.29. The van der Waals surface area contributed by atoms with Crippen LogP contribution in [0.25, 0.3) is 0 Å². The Bertz CT molecular complexity index is 736. The lowest BCUT2D eigenvalue weighted by atomic mass is 10.0. The molecule has 1 unspecified atom stereocenters. The van der Waals surface area contributed by atoms with E-state index in [1.165, 1.54) is 5.56 Å². The highest BCUT2D eigenvalue weighted by Gasteiger charge is 2.39. The Hall–Kier alpha value is -2.40. The second-order valence-corrected chi connectivity index (χ2v) is 7.23. The first-order valence-corrected chi connectivity index (χ1v) is 9.37. The lowest BCUT2D eigenvalue weighted by molar-refractivity contribution is -0.146. The van der Waals surface area contributed by atoms with E-state index in [2.05, 4.69) is 16.8 Å². The summed E-state index contributed by atoms with van der Waals surface area (Å²) in [6, 6.07) is 11.8. The largest absolute Gasteiger partial charge is 0.487 e. The highest BCUT2D eigenvalue weighted by molar-refractivity contribution is 5.84. The highest BCUT2D eigenvalue weighted by atomic mass is 16.5. The fraction of sp³-hybridized carbons (Fsp3) is 0.429. The molecule has 0 spiro atoms. The van der Waals surface area contributed by atoms with Gasteiger partial charge in [-0.1, -0.05) is 23.8 Å². The molecule has 2 aromatic rings. The molecule has 3 heterocycles.